The van der Waals surface area contributed by atoms with Crippen LogP contribution in [0, 0.1) is 0 Å². The van der Waals surface area contributed by atoms with E-state index in [4.69, 9.17) is 0 Å². The van der Waals surface area contributed by atoms with Gasteiger partial charge in [-0.25, -0.2) is 0 Å². The number of benzene rings is 1. The molecule has 0 unspecified atom stereocenters. The van der Waals surface area contributed by atoms with E-state index in [1.165, 1.54) is 0 Å². The third-order valence-corrected chi connectivity index (χ3v) is 3.72. The molecule has 3 rings (SSSR count). The lowest BCUT2D eigenvalue weighted by Crippen LogP contribution is -2.67. The van der Waals surface area contributed by atoms with Gasteiger partial charge in [-0.15, -0.1) is 0 Å². The van der Waals surface area contributed by atoms with Gasteiger partial charge in [0.25, 0.3) is 5.91 Å². The summed E-state index contributed by atoms with van der Waals surface area (Å²) in [5.41, 5.74) is 0.671. The van der Waals surface area contributed by atoms with Crippen molar-refractivity contribution in [3.8, 4) is 0 Å². The van der Waals surface area contributed by atoms with Crippen molar-refractivity contribution < 1.29 is 4.79 Å². The maximum absolute atomic E-state index is 12.5. The molecule has 0 bridgehead atoms. The van der Waals surface area contributed by atoms with Gasteiger partial charge in [0.05, 0.1) is 0 Å². The Morgan fingerprint density at radius 1 is 0.917 bits per heavy atom. The standard InChI is InChI=1S/C15H22N2O.C5H5N/c1-14(2)10-17(11-15(3,4)16-14)13(18)12-8-6-5-7-9-12;1-2-4-6-5-3-1/h5-9,16H,10-11H2,1-4H3;1-5H. The van der Waals surface area contributed by atoms with Crippen molar-refractivity contribution >= 4 is 5.91 Å². The molecule has 1 N–H and O–H groups in total. The van der Waals surface area contributed by atoms with E-state index in [1.807, 2.05) is 53.4 Å². The number of nitrogens with zero attached hydrogens (tertiary/aromatic N) is 2. The molecule has 2 aromatic rings. The lowest BCUT2D eigenvalue weighted by Gasteiger charge is -2.48. The summed E-state index contributed by atoms with van der Waals surface area (Å²) in [6.45, 7) is 10.0. The molecule has 2 heterocycles. The summed E-state index contributed by atoms with van der Waals surface area (Å²) in [6.07, 6.45) is 3.50. The highest BCUT2D eigenvalue weighted by atomic mass is 16.2. The molecule has 0 spiro atoms. The Hall–Kier alpha value is -2.20. The molecule has 1 saturated heterocycles. The average molecular weight is 325 g/mol. The number of carbonyl (C=O) groups excluding carboxylic acids is 1. The molecule has 4 heteroatoms. The summed E-state index contributed by atoms with van der Waals surface area (Å²) in [5, 5.41) is 3.57. The van der Waals surface area contributed by atoms with Gasteiger partial charge in [0, 0.05) is 42.1 Å². The third-order valence-electron chi connectivity index (χ3n) is 3.72. The van der Waals surface area contributed by atoms with E-state index < -0.39 is 0 Å². The number of pyridine rings is 1. The molecule has 24 heavy (non-hydrogen) atoms. The Kier molecular flexibility index (Phi) is 5.73. The van der Waals surface area contributed by atoms with Crippen molar-refractivity contribution in [1.29, 1.82) is 0 Å². The second-order valence-electron chi connectivity index (χ2n) is 7.44. The third kappa shape index (κ3) is 5.46. The van der Waals surface area contributed by atoms with Gasteiger partial charge in [-0.3, -0.25) is 9.78 Å². The second-order valence-corrected chi connectivity index (χ2v) is 7.44. The Balaban J connectivity index is 0.000000292. The molecular formula is C20H27N3O. The minimum absolute atomic E-state index is 0.0494. The topological polar surface area (TPSA) is 45.2 Å². The van der Waals surface area contributed by atoms with Gasteiger partial charge in [0.2, 0.25) is 0 Å². The van der Waals surface area contributed by atoms with Crippen molar-refractivity contribution in [2.24, 2.45) is 0 Å². The van der Waals surface area contributed by atoms with E-state index >= 15 is 0 Å². The second kappa shape index (κ2) is 7.58. The Bertz CT molecular complexity index is 596. The van der Waals surface area contributed by atoms with Crippen LogP contribution >= 0.6 is 0 Å². The van der Waals surface area contributed by atoms with Gasteiger partial charge in [-0.2, -0.15) is 0 Å². The number of carbonyl (C=O) groups is 1. The van der Waals surface area contributed by atoms with Crippen LogP contribution in [-0.2, 0) is 0 Å². The molecule has 128 valence electrons. The highest BCUT2D eigenvalue weighted by molar-refractivity contribution is 5.94. The zero-order valence-corrected chi connectivity index (χ0v) is 15.0. The summed E-state index contributed by atoms with van der Waals surface area (Å²) >= 11 is 0. The number of rotatable bonds is 1. The fraction of sp³-hybridized carbons (Fsp3) is 0.400. The zero-order valence-electron chi connectivity index (χ0n) is 15.0. The lowest BCUT2D eigenvalue weighted by molar-refractivity contribution is 0.0472. The van der Waals surface area contributed by atoms with Crippen molar-refractivity contribution in [1.82, 2.24) is 15.2 Å². The number of nitrogens with one attached hydrogen (secondary N) is 1. The minimum atomic E-state index is -0.0494. The van der Waals surface area contributed by atoms with Crippen molar-refractivity contribution in [2.45, 2.75) is 38.8 Å². The van der Waals surface area contributed by atoms with Crippen LogP contribution in [0.3, 0.4) is 0 Å². The van der Waals surface area contributed by atoms with E-state index in [0.29, 0.717) is 0 Å². The normalized spacial score (nSPS) is 18.2. The van der Waals surface area contributed by atoms with Crippen LogP contribution in [0.4, 0.5) is 0 Å². The zero-order chi connectivity index (χ0) is 17.6. The van der Waals surface area contributed by atoms with Crippen LogP contribution in [0.15, 0.2) is 60.9 Å². The Morgan fingerprint density at radius 3 is 1.83 bits per heavy atom. The highest BCUT2D eigenvalue weighted by Gasteiger charge is 2.38. The lowest BCUT2D eigenvalue weighted by atomic mass is 9.91. The maximum atomic E-state index is 12.5. The van der Waals surface area contributed by atoms with Crippen LogP contribution in [0.5, 0.6) is 0 Å². The van der Waals surface area contributed by atoms with E-state index in [-0.39, 0.29) is 17.0 Å². The summed E-state index contributed by atoms with van der Waals surface area (Å²) in [4.78, 5) is 18.2. The van der Waals surface area contributed by atoms with Crippen LogP contribution in [0.25, 0.3) is 0 Å². The van der Waals surface area contributed by atoms with E-state index in [1.54, 1.807) is 12.4 Å². The van der Waals surface area contributed by atoms with Crippen LogP contribution in [0.1, 0.15) is 38.1 Å². The largest absolute Gasteiger partial charge is 0.335 e. The summed E-state index contributed by atoms with van der Waals surface area (Å²) in [6, 6.07) is 15.2. The van der Waals surface area contributed by atoms with Crippen LogP contribution in [0.2, 0.25) is 0 Å². The van der Waals surface area contributed by atoms with Gasteiger partial charge >= 0.3 is 0 Å². The number of hydrogen-bond acceptors (Lipinski definition) is 3. The molecule has 0 radical (unpaired) electrons. The van der Waals surface area contributed by atoms with Crippen molar-refractivity contribution in [3.63, 3.8) is 0 Å². The first-order valence-corrected chi connectivity index (χ1v) is 8.28. The fourth-order valence-corrected chi connectivity index (χ4v) is 3.22. The predicted molar refractivity (Wildman–Crippen MR) is 97.9 cm³/mol. The summed E-state index contributed by atoms with van der Waals surface area (Å²) < 4.78 is 0. The van der Waals surface area contributed by atoms with Gasteiger partial charge in [0.1, 0.15) is 0 Å². The molecule has 1 aromatic carbocycles. The Morgan fingerprint density at radius 2 is 1.42 bits per heavy atom. The average Bonchev–Trinajstić information content (AvgIpc) is 2.54. The van der Waals surface area contributed by atoms with Crippen LogP contribution < -0.4 is 5.32 Å². The number of hydrogen-bond donors (Lipinski definition) is 1. The molecule has 1 aliphatic heterocycles. The maximum Gasteiger partial charge on any atom is 0.253 e. The number of piperazine rings is 1. The van der Waals surface area contributed by atoms with Crippen LogP contribution in [-0.4, -0.2) is 40.0 Å². The molecule has 0 saturated carbocycles. The highest BCUT2D eigenvalue weighted by Crippen LogP contribution is 2.22. The molecule has 1 amide bonds. The van der Waals surface area contributed by atoms with E-state index in [2.05, 4.69) is 38.0 Å². The van der Waals surface area contributed by atoms with E-state index in [9.17, 15) is 4.79 Å². The fourth-order valence-electron chi connectivity index (χ4n) is 3.22. The first kappa shape index (κ1) is 18.1. The number of aromatic nitrogens is 1. The van der Waals surface area contributed by atoms with Crippen molar-refractivity contribution in [3.05, 3.63) is 66.5 Å². The van der Waals surface area contributed by atoms with Gasteiger partial charge in [0.15, 0.2) is 0 Å². The van der Waals surface area contributed by atoms with Gasteiger partial charge in [-0.1, -0.05) is 24.3 Å². The monoisotopic (exact) mass is 325 g/mol. The summed E-state index contributed by atoms with van der Waals surface area (Å²) in [7, 11) is 0. The molecule has 1 aliphatic rings. The Labute approximate surface area is 144 Å². The quantitative estimate of drug-likeness (QED) is 0.874. The van der Waals surface area contributed by atoms with Gasteiger partial charge < -0.3 is 10.2 Å². The summed E-state index contributed by atoms with van der Waals surface area (Å²) in [5.74, 6) is 0.123. The number of amides is 1. The molecule has 1 aromatic heterocycles. The molecule has 0 aliphatic carbocycles. The molecule has 4 nitrogen and oxygen atoms in total. The minimum Gasteiger partial charge on any atom is -0.335 e. The molecule has 0 atom stereocenters. The predicted octanol–water partition coefficient (Wildman–Crippen LogP) is 3.37. The first-order chi connectivity index (χ1) is 11.3. The first-order valence-electron chi connectivity index (χ1n) is 8.28. The van der Waals surface area contributed by atoms with Gasteiger partial charge in [-0.05, 0) is 52.0 Å². The van der Waals surface area contributed by atoms with E-state index in [0.717, 1.165) is 18.7 Å². The SMILES string of the molecule is CC1(C)CN(C(=O)c2ccccc2)CC(C)(C)N1.c1ccncc1. The smallest absolute Gasteiger partial charge is 0.253 e. The molecular weight excluding hydrogens is 298 g/mol. The molecule has 1 fully saturated rings. The van der Waals surface area contributed by atoms with Crippen molar-refractivity contribution in [2.75, 3.05) is 13.1 Å².